The molecule has 1 heteroatoms. The Kier molecular flexibility index (Phi) is 4.29. The van der Waals surface area contributed by atoms with E-state index in [2.05, 4.69) is 65.0 Å². The van der Waals surface area contributed by atoms with E-state index >= 15 is 0 Å². The maximum absolute atomic E-state index is 5.33. The van der Waals surface area contributed by atoms with Gasteiger partial charge in [-0.25, -0.2) is 0 Å². The van der Waals surface area contributed by atoms with Crippen LogP contribution in [0.15, 0.2) is 53.2 Å². The number of furan rings is 1. The van der Waals surface area contributed by atoms with E-state index in [1.54, 1.807) is 6.26 Å². The third-order valence-corrected chi connectivity index (χ3v) is 5.46. The maximum atomic E-state index is 5.33. The number of hydrogen-bond acceptors (Lipinski definition) is 1. The van der Waals surface area contributed by atoms with E-state index in [1.165, 1.54) is 35.1 Å². The molecule has 0 saturated carbocycles. The third-order valence-electron chi connectivity index (χ3n) is 5.46. The van der Waals surface area contributed by atoms with Crippen LogP contribution in [0.25, 0.3) is 11.6 Å². The van der Waals surface area contributed by atoms with Crippen molar-refractivity contribution in [1.29, 1.82) is 0 Å². The molecule has 24 heavy (non-hydrogen) atoms. The van der Waals surface area contributed by atoms with Gasteiger partial charge in [0.05, 0.1) is 6.26 Å². The van der Waals surface area contributed by atoms with Gasteiger partial charge in [-0.3, -0.25) is 0 Å². The number of fused-ring (bicyclic) bond motifs is 1. The first-order valence-electron chi connectivity index (χ1n) is 8.83. The molecule has 0 bridgehead atoms. The van der Waals surface area contributed by atoms with Gasteiger partial charge in [-0.1, -0.05) is 58.0 Å². The van der Waals surface area contributed by atoms with Crippen molar-refractivity contribution in [1.82, 2.24) is 0 Å². The highest BCUT2D eigenvalue weighted by Gasteiger charge is 2.36. The predicted molar refractivity (Wildman–Crippen MR) is 103 cm³/mol. The van der Waals surface area contributed by atoms with Gasteiger partial charge in [0.2, 0.25) is 0 Å². The lowest BCUT2D eigenvalue weighted by atomic mass is 9.63. The summed E-state index contributed by atoms with van der Waals surface area (Å²) in [7, 11) is 0. The van der Waals surface area contributed by atoms with Gasteiger partial charge in [-0.05, 0) is 71.1 Å². The molecule has 0 spiro atoms. The fourth-order valence-electron chi connectivity index (χ4n) is 3.60. The van der Waals surface area contributed by atoms with Gasteiger partial charge in [0.25, 0.3) is 0 Å². The summed E-state index contributed by atoms with van der Waals surface area (Å²) in [6.07, 6.45) is 10.4. The molecule has 1 aliphatic rings. The zero-order valence-corrected chi connectivity index (χ0v) is 15.5. The molecule has 0 radical (unpaired) electrons. The average Bonchev–Trinajstić information content (AvgIpc) is 3.05. The zero-order chi connectivity index (χ0) is 17.4. The lowest BCUT2D eigenvalue weighted by Crippen LogP contribution is -2.33. The molecule has 1 aliphatic carbocycles. The van der Waals surface area contributed by atoms with Crippen LogP contribution in [0, 0.1) is 0 Å². The molecule has 1 nitrogen and oxygen atoms in total. The molecule has 0 fully saturated rings. The summed E-state index contributed by atoms with van der Waals surface area (Å²) in [6, 6.07) is 10.9. The molecular formula is C23H28O. The highest BCUT2D eigenvalue weighted by molar-refractivity contribution is 5.68. The Bertz CT molecular complexity index is 770. The number of hydrogen-bond donors (Lipinski definition) is 0. The normalized spacial score (nSPS) is 19.5. The predicted octanol–water partition coefficient (Wildman–Crippen LogP) is 6.75. The molecule has 0 saturated heterocycles. The van der Waals surface area contributed by atoms with Crippen LogP contribution in [-0.2, 0) is 10.8 Å². The molecule has 0 amide bonds. The van der Waals surface area contributed by atoms with Crippen molar-refractivity contribution in [3.05, 3.63) is 71.2 Å². The van der Waals surface area contributed by atoms with Gasteiger partial charge in [0.1, 0.15) is 5.76 Å². The topological polar surface area (TPSA) is 13.1 Å². The van der Waals surface area contributed by atoms with Crippen LogP contribution >= 0.6 is 0 Å². The van der Waals surface area contributed by atoms with Crippen LogP contribution in [0.4, 0.5) is 0 Å². The minimum absolute atomic E-state index is 0.255. The van der Waals surface area contributed by atoms with Crippen LogP contribution in [0.2, 0.25) is 0 Å². The molecule has 126 valence electrons. The Morgan fingerprint density at radius 3 is 2.38 bits per heavy atom. The first-order valence-corrected chi connectivity index (χ1v) is 8.83. The largest absolute Gasteiger partial charge is 0.465 e. The molecule has 3 rings (SSSR count). The molecular weight excluding hydrogens is 292 g/mol. The third kappa shape index (κ3) is 3.26. The summed E-state index contributed by atoms with van der Waals surface area (Å²) in [5.41, 5.74) is 6.15. The number of benzene rings is 1. The lowest BCUT2D eigenvalue weighted by molar-refractivity contribution is 0.332. The fraction of sp³-hybridized carbons (Fsp3) is 0.391. The van der Waals surface area contributed by atoms with E-state index in [0.717, 1.165) is 5.76 Å². The Labute approximate surface area is 146 Å². The van der Waals surface area contributed by atoms with Crippen molar-refractivity contribution in [2.24, 2.45) is 0 Å². The highest BCUT2D eigenvalue weighted by atomic mass is 16.3. The second-order valence-corrected chi connectivity index (χ2v) is 8.25. The van der Waals surface area contributed by atoms with Crippen molar-refractivity contribution < 1.29 is 4.42 Å². The summed E-state index contributed by atoms with van der Waals surface area (Å²) in [6.45, 7) is 11.7. The summed E-state index contributed by atoms with van der Waals surface area (Å²) in [5, 5.41) is 0. The molecule has 1 aromatic carbocycles. The fourth-order valence-corrected chi connectivity index (χ4v) is 3.60. The van der Waals surface area contributed by atoms with Gasteiger partial charge in [0, 0.05) is 0 Å². The van der Waals surface area contributed by atoms with E-state index < -0.39 is 0 Å². The number of rotatable bonds is 3. The molecule has 0 unspecified atom stereocenters. The van der Waals surface area contributed by atoms with Gasteiger partial charge < -0.3 is 4.42 Å². The minimum Gasteiger partial charge on any atom is -0.465 e. The first kappa shape index (κ1) is 16.8. The molecule has 2 aromatic rings. The second kappa shape index (κ2) is 6.12. The Hall–Kier alpha value is -2.02. The first-order chi connectivity index (χ1) is 11.3. The Balaban J connectivity index is 1.93. The van der Waals surface area contributed by atoms with Crippen molar-refractivity contribution in [3.63, 3.8) is 0 Å². The van der Waals surface area contributed by atoms with Crippen LogP contribution in [-0.4, -0.2) is 0 Å². The van der Waals surface area contributed by atoms with Crippen molar-refractivity contribution in [2.75, 3.05) is 0 Å². The summed E-state index contributed by atoms with van der Waals surface area (Å²) >= 11 is 0. The maximum Gasteiger partial charge on any atom is 0.126 e. The molecule has 0 aliphatic heterocycles. The minimum atomic E-state index is 0.255. The van der Waals surface area contributed by atoms with Crippen molar-refractivity contribution >= 4 is 11.6 Å². The summed E-state index contributed by atoms with van der Waals surface area (Å²) in [5.74, 6) is 0.882. The lowest BCUT2D eigenvalue weighted by Gasteiger charge is -2.42. The molecule has 1 aromatic heterocycles. The SMILES string of the molecule is CC(=CC=Cc1ccco1)c1ccc2c(c1)C(C)(C)CCC2(C)C. The van der Waals surface area contributed by atoms with Crippen molar-refractivity contribution in [3.8, 4) is 0 Å². The van der Waals surface area contributed by atoms with E-state index in [4.69, 9.17) is 4.42 Å². The zero-order valence-electron chi connectivity index (χ0n) is 15.5. The summed E-state index contributed by atoms with van der Waals surface area (Å²) in [4.78, 5) is 0. The Morgan fingerprint density at radius 2 is 1.71 bits per heavy atom. The highest BCUT2D eigenvalue weighted by Crippen LogP contribution is 2.46. The van der Waals surface area contributed by atoms with Gasteiger partial charge in [-0.15, -0.1) is 0 Å². The van der Waals surface area contributed by atoms with Crippen molar-refractivity contribution in [2.45, 2.75) is 58.3 Å². The molecule has 0 atom stereocenters. The van der Waals surface area contributed by atoms with E-state index in [-0.39, 0.29) is 10.8 Å². The average molecular weight is 320 g/mol. The van der Waals surface area contributed by atoms with E-state index in [9.17, 15) is 0 Å². The quantitative estimate of drug-likeness (QED) is 0.570. The van der Waals surface area contributed by atoms with E-state index in [0.29, 0.717) is 0 Å². The monoisotopic (exact) mass is 320 g/mol. The standard InChI is InChI=1S/C23H28O/c1-17(8-6-9-19-10-7-15-24-19)18-11-12-20-21(16-18)23(4,5)14-13-22(20,2)3/h6-12,15-16H,13-14H2,1-5H3. The van der Waals surface area contributed by atoms with Crippen LogP contribution in [0.1, 0.15) is 69.9 Å². The van der Waals surface area contributed by atoms with Crippen LogP contribution in [0.5, 0.6) is 0 Å². The molecule has 1 heterocycles. The van der Waals surface area contributed by atoms with Crippen LogP contribution in [0.3, 0.4) is 0 Å². The summed E-state index contributed by atoms with van der Waals surface area (Å²) < 4.78 is 5.33. The van der Waals surface area contributed by atoms with Gasteiger partial charge in [-0.2, -0.15) is 0 Å². The molecule has 0 N–H and O–H groups in total. The van der Waals surface area contributed by atoms with E-state index in [1.807, 2.05) is 18.2 Å². The smallest absolute Gasteiger partial charge is 0.126 e. The Morgan fingerprint density at radius 1 is 1.00 bits per heavy atom. The van der Waals surface area contributed by atoms with Gasteiger partial charge >= 0.3 is 0 Å². The van der Waals surface area contributed by atoms with Crippen LogP contribution < -0.4 is 0 Å². The van der Waals surface area contributed by atoms with Gasteiger partial charge in [0.15, 0.2) is 0 Å². The second-order valence-electron chi connectivity index (χ2n) is 8.25. The number of allylic oxidation sites excluding steroid dienone is 3.